The molecule has 0 aliphatic rings. The Morgan fingerprint density at radius 3 is 2.47 bits per heavy atom. The highest BCUT2D eigenvalue weighted by molar-refractivity contribution is 7.92. The van der Waals surface area contributed by atoms with Crippen molar-refractivity contribution in [1.82, 2.24) is 0 Å². The van der Waals surface area contributed by atoms with Gasteiger partial charge >= 0.3 is 6.09 Å². The second kappa shape index (κ2) is 5.72. The van der Waals surface area contributed by atoms with E-state index >= 15 is 0 Å². The van der Waals surface area contributed by atoms with Crippen LogP contribution in [0.25, 0.3) is 0 Å². The molecule has 0 unspecified atom stereocenters. The number of methoxy groups -OCH3 is 1. The Morgan fingerprint density at radius 2 is 2.00 bits per heavy atom. The molecule has 0 bridgehead atoms. The number of hydrogen-bond donors (Lipinski definition) is 3. The SMILES string of the molecule is COC(=O)Nc1c(Cl)cc(NS(C)(=O)=O)c(O)c1Cl. The molecule has 10 heteroatoms. The molecule has 1 aromatic rings. The maximum Gasteiger partial charge on any atom is 0.411 e. The van der Waals surface area contributed by atoms with Crippen LogP contribution in [-0.4, -0.2) is 33.0 Å². The van der Waals surface area contributed by atoms with Gasteiger partial charge in [0.05, 0.1) is 29.8 Å². The fourth-order valence-electron chi connectivity index (χ4n) is 1.15. The molecule has 0 saturated carbocycles. The Kier molecular flexibility index (Phi) is 4.72. The molecule has 0 heterocycles. The average molecular weight is 329 g/mol. The smallest absolute Gasteiger partial charge is 0.411 e. The summed E-state index contributed by atoms with van der Waals surface area (Å²) >= 11 is 11.6. The summed E-state index contributed by atoms with van der Waals surface area (Å²) in [4.78, 5) is 11.1. The van der Waals surface area contributed by atoms with Crippen LogP contribution in [-0.2, 0) is 14.8 Å². The predicted octanol–water partition coefficient (Wildman–Crippen LogP) is 2.25. The van der Waals surface area contributed by atoms with E-state index in [1.54, 1.807) is 0 Å². The third-order valence-electron chi connectivity index (χ3n) is 1.90. The quantitative estimate of drug-likeness (QED) is 0.738. The minimum absolute atomic E-state index is 0.0700. The zero-order valence-electron chi connectivity index (χ0n) is 9.82. The van der Waals surface area contributed by atoms with Gasteiger partial charge in [0.1, 0.15) is 5.02 Å². The molecule has 0 aliphatic heterocycles. The van der Waals surface area contributed by atoms with E-state index in [4.69, 9.17) is 23.2 Å². The minimum Gasteiger partial charge on any atom is -0.504 e. The van der Waals surface area contributed by atoms with Gasteiger partial charge in [0.2, 0.25) is 10.0 Å². The highest BCUT2D eigenvalue weighted by Crippen LogP contribution is 2.43. The zero-order chi connectivity index (χ0) is 14.8. The Morgan fingerprint density at radius 1 is 1.42 bits per heavy atom. The number of amides is 1. The van der Waals surface area contributed by atoms with Crippen molar-refractivity contribution in [1.29, 1.82) is 0 Å². The molecule has 1 aromatic carbocycles. The Bertz CT molecular complexity index is 618. The van der Waals surface area contributed by atoms with Crippen LogP contribution in [0.3, 0.4) is 0 Å². The van der Waals surface area contributed by atoms with Crippen LogP contribution >= 0.6 is 23.2 Å². The summed E-state index contributed by atoms with van der Waals surface area (Å²) in [7, 11) is -2.48. The molecule has 0 atom stereocenters. The summed E-state index contributed by atoms with van der Waals surface area (Å²) in [6, 6.07) is 1.11. The maximum atomic E-state index is 11.1. The van der Waals surface area contributed by atoms with E-state index in [1.807, 2.05) is 4.72 Å². The highest BCUT2D eigenvalue weighted by Gasteiger charge is 2.19. The van der Waals surface area contributed by atoms with Crippen LogP contribution < -0.4 is 10.0 Å². The van der Waals surface area contributed by atoms with Gasteiger partial charge in [-0.2, -0.15) is 0 Å². The average Bonchev–Trinajstić information content (AvgIpc) is 2.29. The number of hydrogen-bond acceptors (Lipinski definition) is 5. The number of carbonyl (C=O) groups is 1. The van der Waals surface area contributed by atoms with Gasteiger partial charge in [-0.25, -0.2) is 13.2 Å². The van der Waals surface area contributed by atoms with E-state index in [0.717, 1.165) is 19.4 Å². The summed E-state index contributed by atoms with van der Waals surface area (Å²) in [5.41, 5.74) is -0.292. The van der Waals surface area contributed by atoms with Gasteiger partial charge in [-0.05, 0) is 6.07 Å². The van der Waals surface area contributed by atoms with Crippen molar-refractivity contribution in [3.8, 4) is 5.75 Å². The van der Waals surface area contributed by atoms with E-state index in [9.17, 15) is 18.3 Å². The van der Waals surface area contributed by atoms with E-state index in [0.29, 0.717) is 0 Å². The first-order valence-electron chi connectivity index (χ1n) is 4.69. The van der Waals surface area contributed by atoms with Crippen LogP contribution in [0.1, 0.15) is 0 Å². The summed E-state index contributed by atoms with van der Waals surface area (Å²) in [5.74, 6) is -0.567. The number of aromatic hydroxyl groups is 1. The molecule has 0 spiro atoms. The monoisotopic (exact) mass is 328 g/mol. The number of phenols is 1. The lowest BCUT2D eigenvalue weighted by molar-refractivity contribution is 0.187. The second-order valence-electron chi connectivity index (χ2n) is 3.43. The van der Waals surface area contributed by atoms with Crippen molar-refractivity contribution in [3.05, 3.63) is 16.1 Å². The van der Waals surface area contributed by atoms with Gasteiger partial charge in [0.25, 0.3) is 0 Å². The van der Waals surface area contributed by atoms with Gasteiger partial charge in [-0.15, -0.1) is 0 Å². The van der Waals surface area contributed by atoms with Gasteiger partial charge in [-0.1, -0.05) is 23.2 Å². The summed E-state index contributed by atoms with van der Waals surface area (Å²) in [5, 5.41) is 11.6. The topological polar surface area (TPSA) is 105 Å². The standard InChI is InChI=1S/C9H10Cl2N2O5S/c1-18-9(15)12-7-4(10)3-5(8(14)6(7)11)13-19(2,16)17/h3,13-14H,1-2H3,(H,12,15). The summed E-state index contributed by atoms with van der Waals surface area (Å²) in [6.07, 6.45) is 0.0570. The number of rotatable bonds is 3. The molecular weight excluding hydrogens is 319 g/mol. The van der Waals surface area contributed by atoms with Gasteiger partial charge in [0, 0.05) is 0 Å². The van der Waals surface area contributed by atoms with Gasteiger partial charge in [-0.3, -0.25) is 10.0 Å². The number of anilines is 2. The molecular formula is C9H10Cl2N2O5S. The Balaban J connectivity index is 3.27. The van der Waals surface area contributed by atoms with Crippen LogP contribution in [0, 0.1) is 0 Å². The van der Waals surface area contributed by atoms with Crippen molar-refractivity contribution >= 4 is 50.7 Å². The van der Waals surface area contributed by atoms with E-state index in [1.165, 1.54) is 0 Å². The van der Waals surface area contributed by atoms with E-state index in [2.05, 4.69) is 10.1 Å². The van der Waals surface area contributed by atoms with Gasteiger partial charge < -0.3 is 9.84 Å². The molecule has 0 fully saturated rings. The van der Waals surface area contributed by atoms with Crippen molar-refractivity contribution in [3.63, 3.8) is 0 Å². The number of ether oxygens (including phenoxy) is 1. The zero-order valence-corrected chi connectivity index (χ0v) is 12.2. The van der Waals surface area contributed by atoms with Crippen LogP contribution in [0.4, 0.5) is 16.2 Å². The van der Waals surface area contributed by atoms with Crippen molar-refractivity contribution < 1.29 is 23.1 Å². The van der Waals surface area contributed by atoms with Crippen molar-refractivity contribution in [2.45, 2.75) is 0 Å². The second-order valence-corrected chi connectivity index (χ2v) is 5.97. The number of sulfonamides is 1. The van der Waals surface area contributed by atoms with Crippen LogP contribution in [0.5, 0.6) is 5.75 Å². The first-order valence-corrected chi connectivity index (χ1v) is 7.34. The molecule has 0 saturated heterocycles. The molecule has 19 heavy (non-hydrogen) atoms. The summed E-state index contributed by atoms with van der Waals surface area (Å²) < 4.78 is 28.6. The fraction of sp³-hybridized carbons (Fsp3) is 0.222. The number of phenolic OH excluding ortho intramolecular Hbond substituents is 1. The normalized spacial score (nSPS) is 10.9. The lowest BCUT2D eigenvalue weighted by Gasteiger charge is -2.13. The van der Waals surface area contributed by atoms with Crippen molar-refractivity contribution in [2.75, 3.05) is 23.4 Å². The lowest BCUT2D eigenvalue weighted by Crippen LogP contribution is -2.13. The Hall–Kier alpha value is -1.38. The Labute approximate surface area is 119 Å². The molecule has 0 aromatic heterocycles. The number of carbonyl (C=O) groups excluding carboxylic acids is 1. The van der Waals surface area contributed by atoms with E-state index < -0.39 is 21.9 Å². The van der Waals surface area contributed by atoms with Crippen molar-refractivity contribution in [2.24, 2.45) is 0 Å². The van der Waals surface area contributed by atoms with E-state index in [-0.39, 0.29) is 21.4 Å². The third-order valence-corrected chi connectivity index (χ3v) is 3.16. The molecule has 3 N–H and O–H groups in total. The number of benzene rings is 1. The molecule has 1 amide bonds. The lowest BCUT2D eigenvalue weighted by atomic mass is 10.2. The number of halogens is 2. The largest absolute Gasteiger partial charge is 0.504 e. The predicted molar refractivity (Wildman–Crippen MR) is 72.6 cm³/mol. The minimum atomic E-state index is -3.61. The molecule has 7 nitrogen and oxygen atoms in total. The fourth-order valence-corrected chi connectivity index (χ4v) is 2.26. The molecule has 0 aliphatic carbocycles. The maximum absolute atomic E-state index is 11.1. The highest BCUT2D eigenvalue weighted by atomic mass is 35.5. The number of nitrogens with one attached hydrogen (secondary N) is 2. The summed E-state index contributed by atoms with van der Waals surface area (Å²) in [6.45, 7) is 0. The molecule has 0 radical (unpaired) electrons. The molecule has 106 valence electrons. The first-order chi connectivity index (χ1) is 8.65. The third kappa shape index (κ3) is 4.05. The van der Waals surface area contributed by atoms with Crippen LogP contribution in [0.2, 0.25) is 10.0 Å². The first kappa shape index (κ1) is 15.7. The molecule has 1 rings (SSSR count). The van der Waals surface area contributed by atoms with Gasteiger partial charge in [0.15, 0.2) is 5.75 Å². The van der Waals surface area contributed by atoms with Crippen LogP contribution in [0.15, 0.2) is 6.07 Å².